The number of piperidine rings is 1. The molecular weight excluding hydrogens is 468 g/mol. The lowest BCUT2D eigenvalue weighted by atomic mass is 10.1. The van der Waals surface area contributed by atoms with Crippen LogP contribution in [0.2, 0.25) is 0 Å². The first-order chi connectivity index (χ1) is 16.5. The highest BCUT2D eigenvalue weighted by Gasteiger charge is 2.28. The van der Waals surface area contributed by atoms with Crippen molar-refractivity contribution in [2.75, 3.05) is 19.3 Å². The van der Waals surface area contributed by atoms with Crippen LogP contribution in [0.15, 0.2) is 47.4 Å². The van der Waals surface area contributed by atoms with Crippen molar-refractivity contribution >= 4 is 28.7 Å². The fraction of sp³-hybridized carbons (Fsp3) is 0.440. The molecule has 3 amide bonds. The lowest BCUT2D eigenvalue weighted by molar-refractivity contribution is 0.0199. The summed E-state index contributed by atoms with van der Waals surface area (Å²) < 4.78 is 16.9. The van der Waals surface area contributed by atoms with Gasteiger partial charge in [0.25, 0.3) is 11.8 Å². The number of amides is 3. The third-order valence-corrected chi connectivity index (χ3v) is 6.34. The van der Waals surface area contributed by atoms with Crippen molar-refractivity contribution in [1.29, 1.82) is 0 Å². The minimum Gasteiger partial charge on any atom is -0.444 e. The summed E-state index contributed by atoms with van der Waals surface area (Å²) in [6, 6.07) is 11.8. The van der Waals surface area contributed by atoms with E-state index in [0.29, 0.717) is 25.9 Å². The number of rotatable bonds is 6. The summed E-state index contributed by atoms with van der Waals surface area (Å²) in [5, 5.41) is 5.73. The Balaban J connectivity index is 1.51. The molecule has 0 spiro atoms. The molecule has 0 aliphatic carbocycles. The first-order valence-electron chi connectivity index (χ1n) is 11.5. The summed E-state index contributed by atoms with van der Waals surface area (Å²) in [4.78, 5) is 44.1. The van der Waals surface area contributed by atoms with Crippen LogP contribution in [0.25, 0.3) is 0 Å². The van der Waals surface area contributed by atoms with Crippen LogP contribution >= 0.6 is 0 Å². The average Bonchev–Trinajstić information content (AvgIpc) is 2.82. The molecule has 1 aromatic carbocycles. The van der Waals surface area contributed by atoms with Gasteiger partial charge in [0.05, 0.1) is 0 Å². The van der Waals surface area contributed by atoms with Gasteiger partial charge in [-0.15, -0.1) is 0 Å². The van der Waals surface area contributed by atoms with Crippen molar-refractivity contribution in [2.45, 2.75) is 56.7 Å². The Morgan fingerprint density at radius 1 is 1.03 bits per heavy atom. The third kappa shape index (κ3) is 7.88. The average molecular weight is 501 g/mol. The normalized spacial score (nSPS) is 15.3. The second kappa shape index (κ2) is 11.4. The summed E-state index contributed by atoms with van der Waals surface area (Å²) in [6.07, 6.45) is 2.47. The summed E-state index contributed by atoms with van der Waals surface area (Å²) in [6.45, 7) is 6.74. The van der Waals surface area contributed by atoms with Gasteiger partial charge in [-0.05, 0) is 63.4 Å². The number of benzene rings is 1. The molecule has 10 heteroatoms. The second-order valence-electron chi connectivity index (χ2n) is 9.40. The maximum absolute atomic E-state index is 12.7. The summed E-state index contributed by atoms with van der Waals surface area (Å²) in [5.74, 6) is -0.757. The molecule has 3 rings (SSSR count). The fourth-order valence-corrected chi connectivity index (χ4v) is 4.07. The van der Waals surface area contributed by atoms with Crippen LogP contribution in [0, 0.1) is 0 Å². The predicted octanol–water partition coefficient (Wildman–Crippen LogP) is 2.88. The SMILES string of the molecule is CS(=O)c1ccc(CNC(=O)c2cccc(C(=O)NC3CCN(C(=O)OC(C)(C)C)CC3)n2)cc1. The third-order valence-electron chi connectivity index (χ3n) is 5.40. The molecule has 1 aliphatic heterocycles. The van der Waals surface area contributed by atoms with Gasteiger partial charge in [-0.25, -0.2) is 9.78 Å². The molecule has 188 valence electrons. The highest BCUT2D eigenvalue weighted by atomic mass is 32.2. The first-order valence-corrected chi connectivity index (χ1v) is 13.0. The monoisotopic (exact) mass is 500 g/mol. The van der Waals surface area contributed by atoms with Gasteiger partial charge in [0, 0.05) is 47.6 Å². The molecule has 2 heterocycles. The van der Waals surface area contributed by atoms with E-state index in [1.54, 1.807) is 41.5 Å². The van der Waals surface area contributed by atoms with Crippen molar-refractivity contribution in [2.24, 2.45) is 0 Å². The minimum atomic E-state index is -1.06. The number of carbonyl (C=O) groups is 3. The highest BCUT2D eigenvalue weighted by molar-refractivity contribution is 7.84. The molecule has 1 aliphatic rings. The number of hydrogen-bond acceptors (Lipinski definition) is 6. The fourth-order valence-electron chi connectivity index (χ4n) is 3.55. The number of hydrogen-bond donors (Lipinski definition) is 2. The maximum atomic E-state index is 12.7. The number of nitrogens with one attached hydrogen (secondary N) is 2. The first kappa shape index (κ1) is 26.3. The summed E-state index contributed by atoms with van der Waals surface area (Å²) >= 11 is 0. The molecule has 0 radical (unpaired) electrons. The number of likely N-dealkylation sites (tertiary alicyclic amines) is 1. The Hall–Kier alpha value is -3.27. The van der Waals surface area contributed by atoms with Crippen molar-refractivity contribution in [3.05, 3.63) is 59.4 Å². The quantitative estimate of drug-likeness (QED) is 0.630. The Morgan fingerprint density at radius 3 is 2.20 bits per heavy atom. The van der Waals surface area contributed by atoms with E-state index in [0.717, 1.165) is 10.5 Å². The molecule has 1 atom stereocenters. The lowest BCUT2D eigenvalue weighted by Crippen LogP contribution is -2.48. The second-order valence-corrected chi connectivity index (χ2v) is 10.8. The van der Waals surface area contributed by atoms with Gasteiger partial charge in [0.1, 0.15) is 17.0 Å². The van der Waals surface area contributed by atoms with E-state index in [9.17, 15) is 18.6 Å². The van der Waals surface area contributed by atoms with E-state index in [1.807, 2.05) is 32.9 Å². The van der Waals surface area contributed by atoms with Gasteiger partial charge in [0.15, 0.2) is 0 Å². The van der Waals surface area contributed by atoms with Gasteiger partial charge >= 0.3 is 6.09 Å². The van der Waals surface area contributed by atoms with Gasteiger partial charge < -0.3 is 20.3 Å². The van der Waals surface area contributed by atoms with E-state index in [1.165, 1.54) is 0 Å². The standard InChI is InChI=1S/C25H32N4O5S/c1-25(2,3)34-24(32)29-14-12-18(13-15-29)27-23(31)21-7-5-6-20(28-21)22(30)26-16-17-8-10-19(11-9-17)35(4)33/h5-11,18H,12-16H2,1-4H3,(H,26,30)(H,27,31). The van der Waals surface area contributed by atoms with Crippen LogP contribution in [-0.4, -0.2) is 63.0 Å². The zero-order chi connectivity index (χ0) is 25.6. The molecular formula is C25H32N4O5S. The number of carbonyl (C=O) groups excluding carboxylic acids is 3. The van der Waals surface area contributed by atoms with Gasteiger partial charge in [-0.1, -0.05) is 18.2 Å². The van der Waals surface area contributed by atoms with Gasteiger partial charge in [-0.2, -0.15) is 0 Å². The molecule has 1 fully saturated rings. The molecule has 1 aromatic heterocycles. The topological polar surface area (TPSA) is 118 Å². The number of ether oxygens (including phenoxy) is 1. The van der Waals surface area contributed by atoms with E-state index in [4.69, 9.17) is 4.74 Å². The summed E-state index contributed by atoms with van der Waals surface area (Å²) in [5.41, 5.74) is 0.608. The smallest absolute Gasteiger partial charge is 0.410 e. The highest BCUT2D eigenvalue weighted by Crippen LogP contribution is 2.16. The zero-order valence-electron chi connectivity index (χ0n) is 20.5. The van der Waals surface area contributed by atoms with Gasteiger partial charge in [-0.3, -0.25) is 13.8 Å². The predicted molar refractivity (Wildman–Crippen MR) is 132 cm³/mol. The molecule has 0 saturated carbocycles. The zero-order valence-corrected chi connectivity index (χ0v) is 21.3. The molecule has 2 N–H and O–H groups in total. The minimum absolute atomic E-state index is 0.0964. The van der Waals surface area contributed by atoms with E-state index in [-0.39, 0.29) is 36.0 Å². The van der Waals surface area contributed by atoms with Crippen molar-refractivity contribution in [1.82, 2.24) is 20.5 Å². The summed E-state index contributed by atoms with van der Waals surface area (Å²) in [7, 11) is -1.06. The number of aromatic nitrogens is 1. The van der Waals surface area contributed by atoms with Crippen molar-refractivity contribution < 1.29 is 23.3 Å². The van der Waals surface area contributed by atoms with Crippen LogP contribution in [-0.2, 0) is 22.1 Å². The van der Waals surface area contributed by atoms with Crippen LogP contribution in [0.4, 0.5) is 4.79 Å². The van der Waals surface area contributed by atoms with Gasteiger partial charge in [0.2, 0.25) is 0 Å². The number of pyridine rings is 1. The van der Waals surface area contributed by atoms with Crippen LogP contribution in [0.5, 0.6) is 0 Å². The molecule has 0 bridgehead atoms. The maximum Gasteiger partial charge on any atom is 0.410 e. The van der Waals surface area contributed by atoms with Crippen molar-refractivity contribution in [3.8, 4) is 0 Å². The van der Waals surface area contributed by atoms with Crippen LogP contribution < -0.4 is 10.6 Å². The lowest BCUT2D eigenvalue weighted by Gasteiger charge is -2.33. The van der Waals surface area contributed by atoms with E-state index >= 15 is 0 Å². The molecule has 35 heavy (non-hydrogen) atoms. The Labute approximate surface area is 208 Å². The Kier molecular flexibility index (Phi) is 8.61. The van der Waals surface area contributed by atoms with E-state index in [2.05, 4.69) is 15.6 Å². The number of nitrogens with zero attached hydrogens (tertiary/aromatic N) is 2. The largest absolute Gasteiger partial charge is 0.444 e. The molecule has 1 unspecified atom stereocenters. The van der Waals surface area contributed by atoms with Crippen LogP contribution in [0.3, 0.4) is 0 Å². The Morgan fingerprint density at radius 2 is 1.63 bits per heavy atom. The molecule has 1 saturated heterocycles. The molecule has 2 aromatic rings. The van der Waals surface area contributed by atoms with E-state index < -0.39 is 22.3 Å². The Bertz CT molecular complexity index is 1090. The van der Waals surface area contributed by atoms with Crippen LogP contribution in [0.1, 0.15) is 60.2 Å². The molecule has 9 nitrogen and oxygen atoms in total. The van der Waals surface area contributed by atoms with Crippen molar-refractivity contribution in [3.63, 3.8) is 0 Å².